The molecule has 128 valence electrons. The van der Waals surface area contributed by atoms with Gasteiger partial charge in [-0.2, -0.15) is 10.5 Å². The predicted molar refractivity (Wildman–Crippen MR) is 91.9 cm³/mol. The van der Waals surface area contributed by atoms with Gasteiger partial charge in [0.15, 0.2) is 0 Å². The third-order valence-electron chi connectivity index (χ3n) is 3.14. The molecule has 0 saturated carbocycles. The molecule has 2 rings (SSSR count). The van der Waals surface area contributed by atoms with Gasteiger partial charge in [-0.1, -0.05) is 0 Å². The number of nitrogens with two attached hydrogens (primary N) is 1. The molecule has 0 aliphatic carbocycles. The van der Waals surface area contributed by atoms with Crippen molar-refractivity contribution in [2.24, 2.45) is 10.2 Å². The number of nitriles is 2. The number of nitrogen functional groups attached to an aromatic ring is 1. The number of nitrogens with zero attached hydrogens (tertiary/aromatic N) is 5. The average molecular weight is 349 g/mol. The molecule has 0 aliphatic heterocycles. The molecule has 0 aliphatic rings. The monoisotopic (exact) mass is 349 g/mol. The van der Waals surface area contributed by atoms with E-state index in [1.165, 1.54) is 25.1 Å². The van der Waals surface area contributed by atoms with Crippen LogP contribution in [-0.2, 0) is 4.79 Å². The Morgan fingerprint density at radius 1 is 1.19 bits per heavy atom. The molecule has 10 nitrogen and oxygen atoms in total. The number of carbonyl (C=O) groups is 1. The lowest BCUT2D eigenvalue weighted by molar-refractivity contribution is -0.384. The third kappa shape index (κ3) is 3.96. The maximum absolute atomic E-state index is 11.3. The Morgan fingerprint density at radius 3 is 2.31 bits per heavy atom. The summed E-state index contributed by atoms with van der Waals surface area (Å²) in [5, 5.41) is 39.6. The second-order valence-corrected chi connectivity index (χ2v) is 5.03. The number of carbonyl (C=O) groups excluding carboxylic acids is 1. The fourth-order valence-corrected chi connectivity index (χ4v) is 2.04. The van der Waals surface area contributed by atoms with Crippen LogP contribution in [0.3, 0.4) is 0 Å². The summed E-state index contributed by atoms with van der Waals surface area (Å²) in [6.07, 6.45) is 0. The molecule has 0 saturated heterocycles. The highest BCUT2D eigenvalue weighted by atomic mass is 16.6. The first-order valence-electron chi connectivity index (χ1n) is 7.07. The van der Waals surface area contributed by atoms with E-state index in [0.29, 0.717) is 11.4 Å². The SMILES string of the molecule is CC(=O)Nc1cc(N)ccc1N=Nc1c(C#N)cc([N+](=O)[O-])cc1C#N. The van der Waals surface area contributed by atoms with Crippen LogP contribution in [0.2, 0.25) is 0 Å². The molecular formula is C16H11N7O3. The lowest BCUT2D eigenvalue weighted by Gasteiger charge is -2.06. The first-order valence-corrected chi connectivity index (χ1v) is 7.07. The van der Waals surface area contributed by atoms with Crippen LogP contribution in [0.1, 0.15) is 18.1 Å². The van der Waals surface area contributed by atoms with Crippen molar-refractivity contribution in [2.45, 2.75) is 6.92 Å². The Hall–Kier alpha value is -4.31. The van der Waals surface area contributed by atoms with Crippen LogP contribution in [0.25, 0.3) is 0 Å². The number of hydrogen-bond donors (Lipinski definition) is 2. The fourth-order valence-electron chi connectivity index (χ4n) is 2.04. The summed E-state index contributed by atoms with van der Waals surface area (Å²) in [5.41, 5.74) is 5.74. The first kappa shape index (κ1) is 18.0. The van der Waals surface area contributed by atoms with Crippen LogP contribution in [-0.4, -0.2) is 10.8 Å². The molecule has 1 amide bonds. The number of hydrogen-bond acceptors (Lipinski definition) is 8. The van der Waals surface area contributed by atoms with E-state index in [1.54, 1.807) is 12.1 Å². The molecule has 0 aromatic heterocycles. The summed E-state index contributed by atoms with van der Waals surface area (Å²) in [6.45, 7) is 1.31. The van der Waals surface area contributed by atoms with Crippen molar-refractivity contribution in [2.75, 3.05) is 11.1 Å². The van der Waals surface area contributed by atoms with Gasteiger partial charge in [0.25, 0.3) is 5.69 Å². The van der Waals surface area contributed by atoms with Gasteiger partial charge in [-0.25, -0.2) is 0 Å². The summed E-state index contributed by atoms with van der Waals surface area (Å²) in [5.74, 6) is -0.349. The van der Waals surface area contributed by atoms with E-state index in [2.05, 4.69) is 15.5 Å². The fraction of sp³-hybridized carbons (Fsp3) is 0.0625. The van der Waals surface area contributed by atoms with Crippen molar-refractivity contribution in [3.63, 3.8) is 0 Å². The van der Waals surface area contributed by atoms with E-state index in [9.17, 15) is 25.4 Å². The Morgan fingerprint density at radius 2 is 1.81 bits per heavy atom. The minimum absolute atomic E-state index is 0.105. The number of benzene rings is 2. The van der Waals surface area contributed by atoms with Crippen LogP contribution in [0.5, 0.6) is 0 Å². The lowest BCUT2D eigenvalue weighted by Crippen LogP contribution is -2.06. The maximum Gasteiger partial charge on any atom is 0.272 e. The second-order valence-electron chi connectivity index (χ2n) is 5.03. The van der Waals surface area contributed by atoms with E-state index in [4.69, 9.17) is 5.73 Å². The summed E-state index contributed by atoms with van der Waals surface area (Å²) in [7, 11) is 0. The summed E-state index contributed by atoms with van der Waals surface area (Å²) < 4.78 is 0. The molecule has 0 atom stereocenters. The highest BCUT2D eigenvalue weighted by Crippen LogP contribution is 2.33. The van der Waals surface area contributed by atoms with Crippen molar-refractivity contribution in [1.29, 1.82) is 10.5 Å². The quantitative estimate of drug-likeness (QED) is 0.371. The van der Waals surface area contributed by atoms with Gasteiger partial charge in [-0.05, 0) is 18.2 Å². The number of non-ortho nitro benzene ring substituents is 1. The van der Waals surface area contributed by atoms with Gasteiger partial charge in [0.1, 0.15) is 23.5 Å². The standard InChI is InChI=1S/C16H11N7O3/c1-9(24)20-15-6-12(19)2-3-14(15)21-22-16-10(7-17)4-13(23(25)26)5-11(16)8-18/h2-6H,19H2,1H3,(H,20,24). The van der Waals surface area contributed by atoms with E-state index in [0.717, 1.165) is 12.1 Å². The van der Waals surface area contributed by atoms with Gasteiger partial charge in [0, 0.05) is 24.7 Å². The Labute approximate surface area is 147 Å². The number of anilines is 2. The number of azo groups is 1. The largest absolute Gasteiger partial charge is 0.399 e. The maximum atomic E-state index is 11.3. The topological polar surface area (TPSA) is 171 Å². The molecule has 2 aromatic carbocycles. The van der Waals surface area contributed by atoms with E-state index < -0.39 is 10.6 Å². The molecule has 0 fully saturated rings. The van der Waals surface area contributed by atoms with Crippen LogP contribution < -0.4 is 11.1 Å². The number of nitro groups is 1. The summed E-state index contributed by atoms with van der Waals surface area (Å²) in [4.78, 5) is 21.5. The van der Waals surface area contributed by atoms with Crippen LogP contribution in [0, 0.1) is 32.8 Å². The van der Waals surface area contributed by atoms with Gasteiger partial charge in [-0.3, -0.25) is 14.9 Å². The number of nitrogens with one attached hydrogen (secondary N) is 1. The van der Waals surface area contributed by atoms with Crippen molar-refractivity contribution >= 4 is 34.3 Å². The van der Waals surface area contributed by atoms with Crippen molar-refractivity contribution in [3.05, 3.63) is 51.6 Å². The number of amides is 1. The zero-order valence-corrected chi connectivity index (χ0v) is 13.4. The predicted octanol–water partition coefficient (Wildman–Crippen LogP) is 3.29. The van der Waals surface area contributed by atoms with Crippen LogP contribution in [0.4, 0.5) is 28.4 Å². The zero-order chi connectivity index (χ0) is 19.3. The van der Waals surface area contributed by atoms with Gasteiger partial charge in [-0.15, -0.1) is 10.2 Å². The van der Waals surface area contributed by atoms with Crippen molar-refractivity contribution in [1.82, 2.24) is 0 Å². The summed E-state index contributed by atoms with van der Waals surface area (Å²) >= 11 is 0. The molecular weight excluding hydrogens is 338 g/mol. The highest BCUT2D eigenvalue weighted by Gasteiger charge is 2.17. The van der Waals surface area contributed by atoms with Crippen molar-refractivity contribution in [3.8, 4) is 12.1 Å². The molecule has 0 bridgehead atoms. The highest BCUT2D eigenvalue weighted by molar-refractivity contribution is 5.92. The van der Waals surface area contributed by atoms with E-state index in [1.807, 2.05) is 0 Å². The molecule has 26 heavy (non-hydrogen) atoms. The Balaban J connectivity index is 2.56. The van der Waals surface area contributed by atoms with E-state index >= 15 is 0 Å². The Bertz CT molecular complexity index is 980. The number of nitro benzene ring substituents is 1. The summed E-state index contributed by atoms with van der Waals surface area (Å²) in [6, 6.07) is 10.0. The first-order chi connectivity index (χ1) is 12.3. The Kier molecular flexibility index (Phi) is 5.21. The minimum Gasteiger partial charge on any atom is -0.399 e. The van der Waals surface area contributed by atoms with Crippen molar-refractivity contribution < 1.29 is 9.72 Å². The third-order valence-corrected chi connectivity index (χ3v) is 3.14. The molecule has 0 radical (unpaired) electrons. The van der Waals surface area contributed by atoms with E-state index in [-0.39, 0.29) is 28.4 Å². The van der Waals surface area contributed by atoms with Crippen LogP contribution in [0.15, 0.2) is 40.6 Å². The van der Waals surface area contributed by atoms with Crippen LogP contribution >= 0.6 is 0 Å². The number of rotatable bonds is 4. The molecule has 2 aromatic rings. The molecule has 0 spiro atoms. The minimum atomic E-state index is -0.711. The molecule has 0 heterocycles. The second kappa shape index (κ2) is 7.51. The van der Waals surface area contributed by atoms with Gasteiger partial charge < -0.3 is 11.1 Å². The van der Waals surface area contributed by atoms with Gasteiger partial charge in [0.2, 0.25) is 5.91 Å². The zero-order valence-electron chi connectivity index (χ0n) is 13.4. The smallest absolute Gasteiger partial charge is 0.272 e. The average Bonchev–Trinajstić information content (AvgIpc) is 2.59. The molecule has 10 heteroatoms. The molecule has 0 unspecified atom stereocenters. The van der Waals surface area contributed by atoms with Gasteiger partial charge in [0.05, 0.1) is 21.7 Å². The van der Waals surface area contributed by atoms with Gasteiger partial charge >= 0.3 is 0 Å². The lowest BCUT2D eigenvalue weighted by atomic mass is 10.1. The normalized spacial score (nSPS) is 10.1. The molecule has 3 N–H and O–H groups in total.